The highest BCUT2D eigenvalue weighted by Gasteiger charge is 2.36. The van der Waals surface area contributed by atoms with Crippen LogP contribution in [-0.4, -0.2) is 41.8 Å². The van der Waals surface area contributed by atoms with Gasteiger partial charge in [-0.05, 0) is 18.2 Å². The lowest BCUT2D eigenvalue weighted by Crippen LogP contribution is -2.44. The van der Waals surface area contributed by atoms with E-state index in [0.29, 0.717) is 5.69 Å². The molecular formula is C20H17ClN4O7. The van der Waals surface area contributed by atoms with Gasteiger partial charge in [-0.3, -0.25) is 40.1 Å². The van der Waals surface area contributed by atoms with Crippen molar-refractivity contribution in [2.75, 3.05) is 18.1 Å². The summed E-state index contributed by atoms with van der Waals surface area (Å²) in [6, 6.07) is 11.7. The molecule has 0 aromatic heterocycles. The van der Waals surface area contributed by atoms with E-state index in [1.54, 1.807) is 12.1 Å². The summed E-state index contributed by atoms with van der Waals surface area (Å²) in [7, 11) is 0. The van der Waals surface area contributed by atoms with E-state index in [0.717, 1.165) is 0 Å². The second kappa shape index (κ2) is 9.88. The van der Waals surface area contributed by atoms with Crippen molar-refractivity contribution in [1.82, 2.24) is 10.9 Å². The molecule has 11 nitrogen and oxygen atoms in total. The van der Waals surface area contributed by atoms with E-state index in [1.165, 1.54) is 41.3 Å². The number of ether oxygens (including phenoxy) is 1. The van der Waals surface area contributed by atoms with Crippen molar-refractivity contribution >= 4 is 46.7 Å². The lowest BCUT2D eigenvalue weighted by atomic mass is 10.1. The zero-order valence-electron chi connectivity index (χ0n) is 16.4. The molecule has 3 amide bonds. The number of hydrogen-bond acceptors (Lipinski definition) is 7. The van der Waals surface area contributed by atoms with E-state index >= 15 is 0 Å². The molecule has 1 fully saturated rings. The zero-order valence-corrected chi connectivity index (χ0v) is 17.2. The number of esters is 1. The summed E-state index contributed by atoms with van der Waals surface area (Å²) in [5.41, 5.74) is 4.51. The van der Waals surface area contributed by atoms with Crippen LogP contribution in [0.4, 0.5) is 11.4 Å². The van der Waals surface area contributed by atoms with E-state index in [4.69, 9.17) is 16.3 Å². The van der Waals surface area contributed by atoms with Gasteiger partial charge in [0.1, 0.15) is 0 Å². The molecule has 1 aliphatic heterocycles. The first-order valence-electron chi connectivity index (χ1n) is 9.31. The summed E-state index contributed by atoms with van der Waals surface area (Å²) in [6.07, 6.45) is -0.160. The number of hydrazine groups is 1. The van der Waals surface area contributed by atoms with Gasteiger partial charge in [-0.15, -0.1) is 0 Å². The van der Waals surface area contributed by atoms with Crippen LogP contribution in [0.1, 0.15) is 16.8 Å². The Bertz CT molecular complexity index is 1090. The first-order chi connectivity index (χ1) is 15.3. The highest BCUT2D eigenvalue weighted by atomic mass is 35.5. The van der Waals surface area contributed by atoms with Crippen LogP contribution in [0.5, 0.6) is 0 Å². The Kier molecular flexibility index (Phi) is 7.00. The molecule has 0 saturated carbocycles. The quantitative estimate of drug-likeness (QED) is 0.378. The van der Waals surface area contributed by atoms with Gasteiger partial charge < -0.3 is 9.64 Å². The molecule has 0 unspecified atom stereocenters. The molecule has 166 valence electrons. The number of hydrogen-bond donors (Lipinski definition) is 2. The average molecular weight is 461 g/mol. The maximum atomic E-state index is 12.3. The predicted octanol–water partition coefficient (Wildman–Crippen LogP) is 1.61. The average Bonchev–Trinajstić information content (AvgIpc) is 3.18. The van der Waals surface area contributed by atoms with Gasteiger partial charge in [-0.2, -0.15) is 0 Å². The third kappa shape index (κ3) is 5.38. The molecule has 0 radical (unpaired) electrons. The molecule has 3 rings (SSSR count). The first kappa shape index (κ1) is 22.7. The molecule has 1 aliphatic rings. The van der Waals surface area contributed by atoms with Crippen LogP contribution in [0.2, 0.25) is 5.02 Å². The number of carbonyl (C=O) groups is 4. The Labute approximate surface area is 186 Å². The summed E-state index contributed by atoms with van der Waals surface area (Å²) in [5.74, 6) is -3.46. The topological polar surface area (TPSA) is 148 Å². The van der Waals surface area contributed by atoms with Crippen LogP contribution in [-0.2, 0) is 19.1 Å². The molecule has 2 aromatic rings. The number of nitro benzene ring substituents is 1. The minimum absolute atomic E-state index is 0.0380. The van der Waals surface area contributed by atoms with E-state index in [2.05, 4.69) is 10.9 Å². The smallest absolute Gasteiger partial charge is 0.311 e. The van der Waals surface area contributed by atoms with Crippen molar-refractivity contribution < 1.29 is 28.8 Å². The second-order valence-electron chi connectivity index (χ2n) is 6.77. The maximum absolute atomic E-state index is 12.3. The number of carbonyl (C=O) groups excluding carboxylic acids is 4. The monoisotopic (exact) mass is 460 g/mol. The van der Waals surface area contributed by atoms with Crippen molar-refractivity contribution in [3.63, 3.8) is 0 Å². The minimum atomic E-state index is -0.840. The van der Waals surface area contributed by atoms with Crippen molar-refractivity contribution in [3.8, 4) is 0 Å². The lowest BCUT2D eigenvalue weighted by molar-refractivity contribution is -0.384. The number of nitrogens with zero attached hydrogens (tertiary/aromatic N) is 2. The van der Waals surface area contributed by atoms with Crippen LogP contribution in [0, 0.1) is 16.0 Å². The normalized spacial score (nSPS) is 15.2. The largest absolute Gasteiger partial charge is 0.455 e. The lowest BCUT2D eigenvalue weighted by Gasteiger charge is -2.16. The zero-order chi connectivity index (χ0) is 23.3. The van der Waals surface area contributed by atoms with Crippen LogP contribution in [0.25, 0.3) is 0 Å². The molecule has 12 heteroatoms. The summed E-state index contributed by atoms with van der Waals surface area (Å²) in [4.78, 5) is 60.0. The number of non-ortho nitro benzene ring substituents is 1. The van der Waals surface area contributed by atoms with Gasteiger partial charge >= 0.3 is 5.97 Å². The van der Waals surface area contributed by atoms with Gasteiger partial charge in [0.2, 0.25) is 5.91 Å². The number of amides is 3. The molecule has 2 N–H and O–H groups in total. The molecule has 32 heavy (non-hydrogen) atoms. The Morgan fingerprint density at radius 3 is 2.62 bits per heavy atom. The summed E-state index contributed by atoms with van der Waals surface area (Å²) < 4.78 is 4.93. The molecule has 1 heterocycles. The summed E-state index contributed by atoms with van der Waals surface area (Å²) >= 11 is 5.89. The number of benzene rings is 2. The third-order valence-corrected chi connectivity index (χ3v) is 4.92. The van der Waals surface area contributed by atoms with Crippen molar-refractivity contribution in [2.24, 2.45) is 5.92 Å². The highest BCUT2D eigenvalue weighted by Crippen LogP contribution is 2.28. The number of halogens is 1. The van der Waals surface area contributed by atoms with Crippen LogP contribution >= 0.6 is 11.6 Å². The Balaban J connectivity index is 1.49. The predicted molar refractivity (Wildman–Crippen MR) is 112 cm³/mol. The number of nitro groups is 1. The highest BCUT2D eigenvalue weighted by molar-refractivity contribution is 6.33. The summed E-state index contributed by atoms with van der Waals surface area (Å²) in [6.45, 7) is -0.715. The number of rotatable bonds is 6. The van der Waals surface area contributed by atoms with Gasteiger partial charge in [-0.25, -0.2) is 0 Å². The van der Waals surface area contributed by atoms with Crippen molar-refractivity contribution in [2.45, 2.75) is 6.42 Å². The maximum Gasteiger partial charge on any atom is 0.311 e. The molecule has 0 aliphatic carbocycles. The van der Waals surface area contributed by atoms with Crippen LogP contribution in [0.15, 0.2) is 48.5 Å². The van der Waals surface area contributed by atoms with Gasteiger partial charge in [0.05, 0.1) is 27.1 Å². The number of nitrogens with one attached hydrogen (secondary N) is 2. The Hall–Kier alpha value is -3.99. The van der Waals surface area contributed by atoms with E-state index in [1.807, 2.05) is 0 Å². The fourth-order valence-corrected chi connectivity index (χ4v) is 3.24. The van der Waals surface area contributed by atoms with Crippen molar-refractivity contribution in [1.29, 1.82) is 0 Å². The van der Waals surface area contributed by atoms with E-state index < -0.39 is 41.1 Å². The first-order valence-corrected chi connectivity index (χ1v) is 9.69. The SMILES string of the molecule is O=C(COC(=O)[C@H]1CC(=O)N(c2cccc([N+](=O)[O-])c2)C1)NNC(=O)c1ccccc1Cl. The van der Waals surface area contributed by atoms with E-state index in [-0.39, 0.29) is 29.2 Å². The van der Waals surface area contributed by atoms with Crippen LogP contribution < -0.4 is 15.8 Å². The van der Waals surface area contributed by atoms with Crippen molar-refractivity contribution in [3.05, 3.63) is 69.2 Å². The van der Waals surface area contributed by atoms with Gasteiger partial charge in [0.25, 0.3) is 17.5 Å². The fourth-order valence-electron chi connectivity index (χ4n) is 3.02. The Morgan fingerprint density at radius 2 is 1.91 bits per heavy atom. The molecule has 2 aromatic carbocycles. The second-order valence-corrected chi connectivity index (χ2v) is 7.18. The molecular weight excluding hydrogens is 444 g/mol. The van der Waals surface area contributed by atoms with Gasteiger partial charge in [-0.1, -0.05) is 29.8 Å². The fraction of sp³-hybridized carbons (Fsp3) is 0.200. The van der Waals surface area contributed by atoms with E-state index in [9.17, 15) is 29.3 Å². The third-order valence-electron chi connectivity index (χ3n) is 4.59. The van der Waals surface area contributed by atoms with Gasteiger partial charge in [0.15, 0.2) is 6.61 Å². The van der Waals surface area contributed by atoms with Crippen LogP contribution in [0.3, 0.4) is 0 Å². The number of anilines is 1. The molecule has 1 atom stereocenters. The molecule has 0 bridgehead atoms. The molecule has 0 spiro atoms. The standard InChI is InChI=1S/C20H17ClN4O7/c21-16-7-2-1-6-15(16)19(28)23-22-17(26)11-32-20(29)12-8-18(27)24(10-12)13-4-3-5-14(9-13)25(30)31/h1-7,9,12H,8,10-11H2,(H,22,26)(H,23,28)/t12-/m0/s1. The summed E-state index contributed by atoms with van der Waals surface area (Å²) in [5, 5.41) is 11.1. The Morgan fingerprint density at radius 1 is 1.16 bits per heavy atom. The van der Waals surface area contributed by atoms with Gasteiger partial charge in [0, 0.05) is 25.1 Å². The minimum Gasteiger partial charge on any atom is -0.455 e. The molecule has 1 saturated heterocycles.